The Bertz CT molecular complexity index is 295. The maximum absolute atomic E-state index is 12.4. The van der Waals surface area contributed by atoms with Gasteiger partial charge in [0.1, 0.15) is 0 Å². The zero-order valence-electron chi connectivity index (χ0n) is 12.7. The minimum atomic E-state index is -0.879. The lowest BCUT2D eigenvalue weighted by molar-refractivity contribution is -0.137. The molecule has 0 aromatic carbocycles. The van der Waals surface area contributed by atoms with Crippen LogP contribution in [0, 0.1) is 0 Å². The minimum Gasteiger partial charge on any atom is -0.481 e. The van der Waals surface area contributed by atoms with Gasteiger partial charge in [0.2, 0.25) is 0 Å². The molecule has 0 aliphatic carbocycles. The molecule has 0 aliphatic heterocycles. The van der Waals surface area contributed by atoms with Gasteiger partial charge in [-0.1, -0.05) is 0 Å². The van der Waals surface area contributed by atoms with Gasteiger partial charge in [-0.3, -0.25) is 4.79 Å². The number of rotatable bonds is 8. The van der Waals surface area contributed by atoms with Crippen LogP contribution in [0.15, 0.2) is 0 Å². The van der Waals surface area contributed by atoms with Gasteiger partial charge >= 0.3 is 12.0 Å². The van der Waals surface area contributed by atoms with Crippen molar-refractivity contribution >= 4 is 12.0 Å². The number of urea groups is 1. The molecular weight excluding hydrogens is 246 g/mol. The third kappa shape index (κ3) is 6.42. The number of carboxylic acid groups (broad SMARTS) is 1. The molecule has 2 amide bonds. The van der Waals surface area contributed by atoms with Crippen molar-refractivity contribution in [3.63, 3.8) is 0 Å². The molecule has 0 radical (unpaired) electrons. The van der Waals surface area contributed by atoms with Gasteiger partial charge in [0.25, 0.3) is 0 Å². The zero-order chi connectivity index (χ0) is 15.0. The van der Waals surface area contributed by atoms with Gasteiger partial charge in [-0.25, -0.2) is 4.79 Å². The summed E-state index contributed by atoms with van der Waals surface area (Å²) in [5.41, 5.74) is 0. The summed E-state index contributed by atoms with van der Waals surface area (Å²) in [7, 11) is 3.94. The van der Waals surface area contributed by atoms with E-state index in [1.165, 1.54) is 0 Å². The van der Waals surface area contributed by atoms with Crippen molar-refractivity contribution in [2.75, 3.05) is 40.3 Å². The molecule has 0 spiro atoms. The largest absolute Gasteiger partial charge is 0.481 e. The molecule has 0 aromatic heterocycles. The molecule has 0 aromatic rings. The molecule has 0 fully saturated rings. The van der Waals surface area contributed by atoms with E-state index in [0.717, 1.165) is 6.54 Å². The monoisotopic (exact) mass is 273 g/mol. The van der Waals surface area contributed by atoms with E-state index in [9.17, 15) is 9.59 Å². The number of hydrogen-bond donors (Lipinski definition) is 1. The first-order valence-corrected chi connectivity index (χ1v) is 6.75. The summed E-state index contributed by atoms with van der Waals surface area (Å²) in [6.45, 7) is 8.01. The van der Waals surface area contributed by atoms with E-state index in [1.54, 1.807) is 9.80 Å². The predicted octanol–water partition coefficient (Wildman–Crippen LogP) is 1.18. The van der Waals surface area contributed by atoms with E-state index in [0.29, 0.717) is 13.1 Å². The van der Waals surface area contributed by atoms with Crippen LogP contribution in [0.5, 0.6) is 0 Å². The lowest BCUT2D eigenvalue weighted by Gasteiger charge is -2.34. The van der Waals surface area contributed by atoms with Crippen molar-refractivity contribution in [1.82, 2.24) is 14.7 Å². The first kappa shape index (κ1) is 17.7. The van der Waals surface area contributed by atoms with Gasteiger partial charge in [0.05, 0.1) is 6.42 Å². The molecule has 19 heavy (non-hydrogen) atoms. The summed E-state index contributed by atoms with van der Waals surface area (Å²) in [5.74, 6) is -0.879. The van der Waals surface area contributed by atoms with E-state index in [2.05, 4.69) is 0 Å². The van der Waals surface area contributed by atoms with Crippen LogP contribution < -0.4 is 0 Å². The van der Waals surface area contributed by atoms with Crippen molar-refractivity contribution in [3.05, 3.63) is 0 Å². The fourth-order valence-electron chi connectivity index (χ4n) is 2.06. The van der Waals surface area contributed by atoms with Gasteiger partial charge < -0.3 is 19.8 Å². The fraction of sp³-hybridized carbons (Fsp3) is 0.846. The molecule has 6 nitrogen and oxygen atoms in total. The molecule has 0 saturated carbocycles. The molecule has 0 aliphatic rings. The van der Waals surface area contributed by atoms with Gasteiger partial charge in [-0.05, 0) is 34.9 Å². The lowest BCUT2D eigenvalue weighted by atomic mass is 10.2. The van der Waals surface area contributed by atoms with Crippen molar-refractivity contribution in [1.29, 1.82) is 0 Å². The average molecular weight is 273 g/mol. The number of carbonyl (C=O) groups excluding carboxylic acids is 1. The van der Waals surface area contributed by atoms with Crippen molar-refractivity contribution in [2.24, 2.45) is 0 Å². The SMILES string of the molecule is CCN(CCC(=O)O)C(=O)N(CC)C(C)CN(C)C. The van der Waals surface area contributed by atoms with E-state index in [4.69, 9.17) is 5.11 Å². The Morgan fingerprint density at radius 1 is 1.16 bits per heavy atom. The first-order chi connectivity index (χ1) is 8.83. The van der Waals surface area contributed by atoms with Crippen LogP contribution in [0.25, 0.3) is 0 Å². The molecule has 1 unspecified atom stereocenters. The second-order valence-corrected chi connectivity index (χ2v) is 4.90. The zero-order valence-corrected chi connectivity index (χ0v) is 12.7. The average Bonchev–Trinajstić information content (AvgIpc) is 2.29. The Balaban J connectivity index is 4.64. The summed E-state index contributed by atoms with van der Waals surface area (Å²) < 4.78 is 0. The number of carboxylic acids is 1. The third-order valence-corrected chi connectivity index (χ3v) is 3.00. The van der Waals surface area contributed by atoms with Crippen LogP contribution in [-0.2, 0) is 4.79 Å². The highest BCUT2D eigenvalue weighted by Gasteiger charge is 2.23. The summed E-state index contributed by atoms with van der Waals surface area (Å²) in [4.78, 5) is 28.4. The standard InChI is InChI=1S/C13H27N3O3/c1-6-15(9-8-12(17)18)13(19)16(7-2)11(3)10-14(4)5/h11H,6-10H2,1-5H3,(H,17,18). The summed E-state index contributed by atoms with van der Waals surface area (Å²) in [5, 5.41) is 8.71. The van der Waals surface area contributed by atoms with Crippen LogP contribution in [0.1, 0.15) is 27.2 Å². The Kier molecular flexibility index (Phi) is 8.14. The molecule has 0 rings (SSSR count). The quantitative estimate of drug-likeness (QED) is 0.721. The Hall–Kier alpha value is -1.30. The number of likely N-dealkylation sites (N-methyl/N-ethyl adjacent to an activating group) is 2. The van der Waals surface area contributed by atoms with Crippen LogP contribution >= 0.6 is 0 Å². The Morgan fingerprint density at radius 3 is 2.11 bits per heavy atom. The molecule has 1 atom stereocenters. The summed E-state index contributed by atoms with van der Waals surface area (Å²) >= 11 is 0. The predicted molar refractivity (Wildman–Crippen MR) is 75.3 cm³/mol. The van der Waals surface area contributed by atoms with E-state index in [-0.39, 0.29) is 25.0 Å². The number of amides is 2. The second kappa shape index (κ2) is 8.74. The Labute approximate surface area is 116 Å². The third-order valence-electron chi connectivity index (χ3n) is 3.00. The maximum Gasteiger partial charge on any atom is 0.320 e. The van der Waals surface area contributed by atoms with Gasteiger partial charge in [-0.15, -0.1) is 0 Å². The van der Waals surface area contributed by atoms with Crippen molar-refractivity contribution in [3.8, 4) is 0 Å². The number of hydrogen-bond acceptors (Lipinski definition) is 3. The van der Waals surface area contributed by atoms with Gasteiger partial charge in [0.15, 0.2) is 0 Å². The molecule has 112 valence electrons. The second-order valence-electron chi connectivity index (χ2n) is 4.90. The molecule has 6 heteroatoms. The van der Waals surface area contributed by atoms with Crippen molar-refractivity contribution < 1.29 is 14.7 Å². The Morgan fingerprint density at radius 2 is 1.74 bits per heavy atom. The highest BCUT2D eigenvalue weighted by Crippen LogP contribution is 2.06. The van der Waals surface area contributed by atoms with Gasteiger partial charge in [-0.2, -0.15) is 0 Å². The molecule has 1 N–H and O–H groups in total. The highest BCUT2D eigenvalue weighted by atomic mass is 16.4. The van der Waals surface area contributed by atoms with Crippen LogP contribution in [0.4, 0.5) is 4.79 Å². The molecule has 0 saturated heterocycles. The lowest BCUT2D eigenvalue weighted by Crippen LogP contribution is -2.50. The molecule has 0 bridgehead atoms. The number of aliphatic carboxylic acids is 1. The highest BCUT2D eigenvalue weighted by molar-refractivity contribution is 5.75. The van der Waals surface area contributed by atoms with Crippen LogP contribution in [0.3, 0.4) is 0 Å². The smallest absolute Gasteiger partial charge is 0.320 e. The fourth-order valence-corrected chi connectivity index (χ4v) is 2.06. The van der Waals surface area contributed by atoms with E-state index in [1.807, 2.05) is 39.8 Å². The number of nitrogens with zero attached hydrogens (tertiary/aromatic N) is 3. The van der Waals surface area contributed by atoms with Crippen LogP contribution in [0.2, 0.25) is 0 Å². The first-order valence-electron chi connectivity index (χ1n) is 6.75. The van der Waals surface area contributed by atoms with E-state index < -0.39 is 5.97 Å². The summed E-state index contributed by atoms with van der Waals surface area (Å²) in [6, 6.07) is 0.0204. The van der Waals surface area contributed by atoms with Crippen LogP contribution in [-0.4, -0.2) is 78.1 Å². The summed E-state index contributed by atoms with van der Waals surface area (Å²) in [6.07, 6.45) is -0.0147. The molecule has 0 heterocycles. The number of carbonyl (C=O) groups is 2. The van der Waals surface area contributed by atoms with Crippen molar-refractivity contribution in [2.45, 2.75) is 33.2 Å². The topological polar surface area (TPSA) is 64.1 Å². The molecular formula is C13H27N3O3. The van der Waals surface area contributed by atoms with Gasteiger partial charge in [0, 0.05) is 32.2 Å². The van der Waals surface area contributed by atoms with E-state index >= 15 is 0 Å². The minimum absolute atomic E-state index is 0.0147. The maximum atomic E-state index is 12.4. The normalized spacial score (nSPS) is 12.3.